The Morgan fingerprint density at radius 3 is 2.44 bits per heavy atom. The quantitative estimate of drug-likeness (QED) is 0.230. The molecule has 1 aliphatic heterocycles. The zero-order chi connectivity index (χ0) is 27.6. The van der Waals surface area contributed by atoms with Crippen molar-refractivity contribution in [2.24, 2.45) is 0 Å². The molecule has 2 amide bonds. The average Bonchev–Trinajstić information content (AvgIpc) is 3.39. The minimum absolute atomic E-state index is 0.00761. The molecule has 1 aromatic heterocycles. The van der Waals surface area contributed by atoms with Gasteiger partial charge in [-0.1, -0.05) is 71.6 Å². The summed E-state index contributed by atoms with van der Waals surface area (Å²) in [5.74, 6) is 0.227. The van der Waals surface area contributed by atoms with Gasteiger partial charge < -0.3 is 30.0 Å². The number of nitrogens with one attached hydrogen (secondary N) is 2. The van der Waals surface area contributed by atoms with E-state index in [1.165, 1.54) is 0 Å². The highest BCUT2D eigenvalue weighted by Crippen LogP contribution is 2.39. The van der Waals surface area contributed by atoms with Crippen molar-refractivity contribution >= 4 is 35.1 Å². The van der Waals surface area contributed by atoms with E-state index in [2.05, 4.69) is 20.8 Å². The fourth-order valence-electron chi connectivity index (χ4n) is 3.93. The molecule has 3 N–H and O–H groups in total. The number of thioether (sulfide) groups is 1. The fourth-order valence-corrected chi connectivity index (χ4v) is 5.78. The van der Waals surface area contributed by atoms with Crippen LogP contribution >= 0.6 is 23.1 Å². The first-order chi connectivity index (χ1) is 18.9. The van der Waals surface area contributed by atoms with E-state index < -0.39 is 18.3 Å². The molecule has 1 aliphatic rings. The van der Waals surface area contributed by atoms with Crippen molar-refractivity contribution in [2.45, 2.75) is 56.3 Å². The second-order valence-electron chi connectivity index (χ2n) is 8.83. The van der Waals surface area contributed by atoms with Gasteiger partial charge in [0.1, 0.15) is 11.6 Å². The highest BCUT2D eigenvalue weighted by Gasteiger charge is 2.32. The van der Waals surface area contributed by atoms with E-state index in [9.17, 15) is 14.7 Å². The number of hydrogen-bond donors (Lipinski definition) is 3. The molecule has 1 fully saturated rings. The first kappa shape index (κ1) is 29.0. The van der Waals surface area contributed by atoms with Crippen LogP contribution in [0.1, 0.15) is 53.0 Å². The average molecular weight is 573 g/mol. The van der Waals surface area contributed by atoms with Crippen LogP contribution in [0.15, 0.2) is 52.9 Å². The Bertz CT molecular complexity index is 1220. The van der Waals surface area contributed by atoms with E-state index in [0.29, 0.717) is 18.7 Å². The number of benzene rings is 2. The Labute approximate surface area is 235 Å². The summed E-state index contributed by atoms with van der Waals surface area (Å²) in [4.78, 5) is 23.3. The predicted octanol–water partition coefficient (Wildman–Crippen LogP) is 4.04. The van der Waals surface area contributed by atoms with Crippen LogP contribution < -0.4 is 10.6 Å². The molecule has 39 heavy (non-hydrogen) atoms. The Balaban J connectivity index is 1.39. The number of carbonyl (C=O) groups is 2. The maximum absolute atomic E-state index is 12.0. The number of ether oxygens (including phenoxy) is 3. The first-order valence-electron chi connectivity index (χ1n) is 12.6. The van der Waals surface area contributed by atoms with E-state index >= 15 is 0 Å². The lowest BCUT2D eigenvalue weighted by molar-refractivity contribution is -0.245. The van der Waals surface area contributed by atoms with Crippen LogP contribution in [-0.4, -0.2) is 52.3 Å². The summed E-state index contributed by atoms with van der Waals surface area (Å²) in [6.07, 6.45) is -0.145. The number of aliphatic hydroxyl groups excluding tert-OH is 1. The second-order valence-corrected chi connectivity index (χ2v) is 11.3. The van der Waals surface area contributed by atoms with Crippen molar-refractivity contribution in [3.05, 3.63) is 75.8 Å². The Kier molecular flexibility index (Phi) is 10.7. The van der Waals surface area contributed by atoms with Crippen molar-refractivity contribution in [3.63, 3.8) is 0 Å². The van der Waals surface area contributed by atoms with Crippen LogP contribution in [-0.2, 0) is 32.2 Å². The molecular weight excluding hydrogens is 540 g/mol. The standard InChI is InChI=1S/C27H32N4O6S2/c1-3-35-24(33)14-29-26(34)28-13-18-4-10-21(11-5-18)25-36-22(16-38-27-31-30-17(2)39-27)12-23(37-25)20-8-6-19(15-32)7-9-20/h4-11,22-23,25,32H,3,12-16H2,1-2H3,(H2,28,29,34)/t22-,23+,25+/m0/s1. The molecule has 1 saturated heterocycles. The van der Waals surface area contributed by atoms with Crippen LogP contribution in [0.25, 0.3) is 0 Å². The second kappa shape index (κ2) is 14.4. The molecule has 0 radical (unpaired) electrons. The molecular formula is C27H32N4O6S2. The van der Waals surface area contributed by atoms with Gasteiger partial charge in [0, 0.05) is 24.3 Å². The minimum atomic E-state index is -0.571. The third kappa shape index (κ3) is 8.73. The highest BCUT2D eigenvalue weighted by molar-refractivity contribution is 8.01. The van der Waals surface area contributed by atoms with Crippen LogP contribution in [0, 0.1) is 6.92 Å². The highest BCUT2D eigenvalue weighted by atomic mass is 32.2. The molecule has 0 bridgehead atoms. The summed E-state index contributed by atoms with van der Waals surface area (Å²) in [6.45, 7) is 4.01. The number of carbonyl (C=O) groups excluding carboxylic acids is 2. The number of esters is 1. The number of amides is 2. The molecule has 10 nitrogen and oxygen atoms in total. The van der Waals surface area contributed by atoms with E-state index in [4.69, 9.17) is 14.2 Å². The van der Waals surface area contributed by atoms with Gasteiger partial charge in [-0.15, -0.1) is 10.2 Å². The lowest BCUT2D eigenvalue weighted by Crippen LogP contribution is -2.38. The largest absolute Gasteiger partial charge is 0.465 e. The summed E-state index contributed by atoms with van der Waals surface area (Å²) < 4.78 is 18.5. The molecule has 3 aromatic rings. The molecule has 12 heteroatoms. The summed E-state index contributed by atoms with van der Waals surface area (Å²) in [6, 6.07) is 15.0. The van der Waals surface area contributed by atoms with Crippen molar-refractivity contribution in [1.29, 1.82) is 0 Å². The van der Waals surface area contributed by atoms with Gasteiger partial charge in [0.05, 0.1) is 25.4 Å². The molecule has 2 heterocycles. The Morgan fingerprint density at radius 1 is 1.05 bits per heavy atom. The Hall–Kier alpha value is -3.03. The number of aryl methyl sites for hydroxylation is 1. The van der Waals surface area contributed by atoms with Gasteiger partial charge in [-0.05, 0) is 30.5 Å². The third-order valence-electron chi connectivity index (χ3n) is 5.92. The van der Waals surface area contributed by atoms with Gasteiger partial charge in [0.15, 0.2) is 10.6 Å². The number of urea groups is 1. The van der Waals surface area contributed by atoms with Gasteiger partial charge in [-0.25, -0.2) is 4.79 Å². The molecule has 208 valence electrons. The van der Waals surface area contributed by atoms with Crippen molar-refractivity contribution < 1.29 is 28.9 Å². The Morgan fingerprint density at radius 2 is 1.77 bits per heavy atom. The van der Waals surface area contributed by atoms with Crippen LogP contribution in [0.4, 0.5) is 4.79 Å². The lowest BCUT2D eigenvalue weighted by Gasteiger charge is -2.36. The van der Waals surface area contributed by atoms with Crippen LogP contribution in [0.5, 0.6) is 0 Å². The van der Waals surface area contributed by atoms with E-state index in [1.54, 1.807) is 30.0 Å². The van der Waals surface area contributed by atoms with E-state index in [0.717, 1.165) is 31.6 Å². The number of rotatable bonds is 11. The SMILES string of the molecule is CCOC(=O)CNC(=O)NCc1ccc([C@@H]2O[C@H](CSc3nnc(C)s3)C[C@H](c3ccc(CO)cc3)O2)cc1. The zero-order valence-corrected chi connectivity index (χ0v) is 23.4. The minimum Gasteiger partial charge on any atom is -0.465 e. The smallest absolute Gasteiger partial charge is 0.325 e. The summed E-state index contributed by atoms with van der Waals surface area (Å²) in [5, 5.41) is 23.8. The zero-order valence-electron chi connectivity index (χ0n) is 21.8. The maximum atomic E-state index is 12.0. The van der Waals surface area contributed by atoms with Crippen LogP contribution in [0.2, 0.25) is 0 Å². The maximum Gasteiger partial charge on any atom is 0.325 e. The molecule has 0 aliphatic carbocycles. The molecule has 4 rings (SSSR count). The predicted molar refractivity (Wildman–Crippen MR) is 147 cm³/mol. The third-order valence-corrected chi connectivity index (χ3v) is 8.02. The van der Waals surface area contributed by atoms with Gasteiger partial charge >= 0.3 is 12.0 Å². The first-order valence-corrected chi connectivity index (χ1v) is 14.4. The summed E-state index contributed by atoms with van der Waals surface area (Å²) in [5.41, 5.74) is 3.62. The normalized spacial score (nSPS) is 18.9. The van der Waals surface area contributed by atoms with Crippen molar-refractivity contribution in [2.75, 3.05) is 18.9 Å². The summed E-state index contributed by atoms with van der Waals surface area (Å²) >= 11 is 3.19. The lowest BCUT2D eigenvalue weighted by atomic mass is 10.0. The topological polar surface area (TPSA) is 132 Å². The monoisotopic (exact) mass is 572 g/mol. The van der Waals surface area contributed by atoms with Gasteiger partial charge in [0.25, 0.3) is 0 Å². The number of nitrogens with zero attached hydrogens (tertiary/aromatic N) is 2. The van der Waals surface area contributed by atoms with Crippen molar-refractivity contribution in [3.8, 4) is 0 Å². The molecule has 3 atom stereocenters. The summed E-state index contributed by atoms with van der Waals surface area (Å²) in [7, 11) is 0. The number of aliphatic hydroxyl groups is 1. The van der Waals surface area contributed by atoms with Gasteiger partial charge in [0.2, 0.25) is 0 Å². The van der Waals surface area contributed by atoms with E-state index in [-0.39, 0.29) is 32.0 Å². The number of hydrogen-bond acceptors (Lipinski definition) is 10. The van der Waals surface area contributed by atoms with E-state index in [1.807, 2.05) is 55.5 Å². The molecule has 0 saturated carbocycles. The van der Waals surface area contributed by atoms with Crippen LogP contribution in [0.3, 0.4) is 0 Å². The fraction of sp³-hybridized carbons (Fsp3) is 0.407. The molecule has 0 spiro atoms. The molecule has 2 aromatic carbocycles. The van der Waals surface area contributed by atoms with Gasteiger partial charge in [-0.3, -0.25) is 4.79 Å². The van der Waals surface area contributed by atoms with Gasteiger partial charge in [-0.2, -0.15) is 0 Å². The molecule has 0 unspecified atom stereocenters. The van der Waals surface area contributed by atoms with Crippen molar-refractivity contribution in [1.82, 2.24) is 20.8 Å². The number of aromatic nitrogens is 2.